The maximum Gasteiger partial charge on any atom is 0.315 e. The lowest BCUT2D eigenvalue weighted by Gasteiger charge is -2.21. The summed E-state index contributed by atoms with van der Waals surface area (Å²) in [5.41, 5.74) is 1.15. The van der Waals surface area contributed by atoms with Crippen molar-refractivity contribution in [3.8, 4) is 0 Å². The van der Waals surface area contributed by atoms with Crippen LogP contribution in [0.25, 0.3) is 0 Å². The van der Waals surface area contributed by atoms with E-state index < -0.39 is 0 Å². The molecular formula is C16H22ClN3O2. The minimum absolute atomic E-state index is 0.0923. The van der Waals surface area contributed by atoms with E-state index in [4.69, 9.17) is 16.3 Å². The molecule has 3 atom stereocenters. The maximum absolute atomic E-state index is 12.1. The summed E-state index contributed by atoms with van der Waals surface area (Å²) < 4.78 is 5.46. The molecule has 1 aromatic carbocycles. The van der Waals surface area contributed by atoms with E-state index in [-0.39, 0.29) is 24.2 Å². The van der Waals surface area contributed by atoms with Gasteiger partial charge >= 0.3 is 6.03 Å². The molecule has 5 nitrogen and oxygen atoms in total. The van der Waals surface area contributed by atoms with Gasteiger partial charge in [-0.15, -0.1) is 0 Å². The zero-order valence-electron chi connectivity index (χ0n) is 12.7. The summed E-state index contributed by atoms with van der Waals surface area (Å²) in [6, 6.07) is 8.02. The highest BCUT2D eigenvalue weighted by Crippen LogP contribution is 2.22. The number of benzene rings is 1. The number of anilines is 1. The number of nitrogens with one attached hydrogen (secondary N) is 2. The molecule has 2 N–H and O–H groups in total. The predicted octanol–water partition coefficient (Wildman–Crippen LogP) is 2.40. The van der Waals surface area contributed by atoms with E-state index in [2.05, 4.69) is 15.5 Å². The van der Waals surface area contributed by atoms with Crippen LogP contribution in [0, 0.1) is 0 Å². The van der Waals surface area contributed by atoms with Crippen molar-refractivity contribution >= 4 is 23.3 Å². The third-order valence-corrected chi connectivity index (χ3v) is 4.66. The number of carbonyl (C=O) groups excluding carboxylic acids is 1. The molecule has 0 saturated carbocycles. The average Bonchev–Trinajstić information content (AvgIpc) is 3.10. The van der Waals surface area contributed by atoms with Crippen LogP contribution < -0.4 is 15.5 Å². The third-order valence-electron chi connectivity index (χ3n) is 4.41. The Morgan fingerprint density at radius 2 is 2.05 bits per heavy atom. The first-order valence-corrected chi connectivity index (χ1v) is 8.19. The second-order valence-corrected chi connectivity index (χ2v) is 6.43. The number of nitrogens with zero attached hydrogens (tertiary/aromatic N) is 1. The molecule has 6 heteroatoms. The molecule has 2 aliphatic heterocycles. The lowest BCUT2D eigenvalue weighted by Crippen LogP contribution is -2.48. The molecule has 0 unspecified atom stereocenters. The van der Waals surface area contributed by atoms with Gasteiger partial charge in [0.25, 0.3) is 0 Å². The largest absolute Gasteiger partial charge is 0.376 e. The molecule has 3 rings (SSSR count). The van der Waals surface area contributed by atoms with Gasteiger partial charge in [0, 0.05) is 36.4 Å². The molecule has 2 amide bonds. The Kier molecular flexibility index (Phi) is 4.74. The van der Waals surface area contributed by atoms with Gasteiger partial charge < -0.3 is 20.3 Å². The van der Waals surface area contributed by atoms with Crippen LogP contribution in [0.5, 0.6) is 0 Å². The van der Waals surface area contributed by atoms with E-state index in [9.17, 15) is 4.79 Å². The molecule has 2 heterocycles. The van der Waals surface area contributed by atoms with Crippen molar-refractivity contribution in [2.24, 2.45) is 0 Å². The van der Waals surface area contributed by atoms with Crippen LogP contribution in [0.1, 0.15) is 19.8 Å². The van der Waals surface area contributed by atoms with Gasteiger partial charge in [-0.3, -0.25) is 0 Å². The van der Waals surface area contributed by atoms with Gasteiger partial charge in [0.05, 0.1) is 12.1 Å². The summed E-state index contributed by atoms with van der Waals surface area (Å²) in [6.45, 7) is 4.48. The molecule has 1 aromatic rings. The Balaban J connectivity index is 1.48. The van der Waals surface area contributed by atoms with Gasteiger partial charge in [0.15, 0.2) is 0 Å². The molecule has 0 spiro atoms. The second kappa shape index (κ2) is 6.75. The highest BCUT2D eigenvalue weighted by Gasteiger charge is 2.28. The lowest BCUT2D eigenvalue weighted by molar-refractivity contribution is 0.114. The minimum Gasteiger partial charge on any atom is -0.376 e. The van der Waals surface area contributed by atoms with E-state index >= 15 is 0 Å². The first kappa shape index (κ1) is 15.4. The Hall–Kier alpha value is -1.46. The van der Waals surface area contributed by atoms with E-state index in [1.165, 1.54) is 0 Å². The van der Waals surface area contributed by atoms with Gasteiger partial charge in [0.2, 0.25) is 0 Å². The van der Waals surface area contributed by atoms with E-state index in [1.54, 1.807) is 0 Å². The first-order valence-electron chi connectivity index (χ1n) is 7.81. The quantitative estimate of drug-likeness (QED) is 0.898. The number of ether oxygens (including phenoxy) is 1. The van der Waals surface area contributed by atoms with Gasteiger partial charge in [-0.1, -0.05) is 11.6 Å². The molecule has 2 fully saturated rings. The Morgan fingerprint density at radius 1 is 1.27 bits per heavy atom. The van der Waals surface area contributed by atoms with Crippen LogP contribution in [-0.4, -0.2) is 43.9 Å². The number of amides is 2. The van der Waals surface area contributed by atoms with Crippen molar-refractivity contribution in [2.75, 3.05) is 24.6 Å². The van der Waals surface area contributed by atoms with Crippen LogP contribution in [0.15, 0.2) is 24.3 Å². The minimum atomic E-state index is -0.0923. The zero-order valence-corrected chi connectivity index (χ0v) is 13.5. The number of halogens is 1. The van der Waals surface area contributed by atoms with Crippen LogP contribution in [0.2, 0.25) is 5.02 Å². The Labute approximate surface area is 136 Å². The van der Waals surface area contributed by atoms with E-state index in [0.717, 1.165) is 43.2 Å². The van der Waals surface area contributed by atoms with Crippen molar-refractivity contribution < 1.29 is 9.53 Å². The van der Waals surface area contributed by atoms with Gasteiger partial charge in [-0.05, 0) is 44.0 Å². The molecule has 120 valence electrons. The van der Waals surface area contributed by atoms with Gasteiger partial charge in [0.1, 0.15) is 0 Å². The fourth-order valence-corrected chi connectivity index (χ4v) is 3.21. The lowest BCUT2D eigenvalue weighted by atomic mass is 10.2. The highest BCUT2D eigenvalue weighted by molar-refractivity contribution is 6.30. The maximum atomic E-state index is 12.1. The van der Waals surface area contributed by atoms with Crippen molar-refractivity contribution in [3.63, 3.8) is 0 Å². The topological polar surface area (TPSA) is 53.6 Å². The molecule has 2 saturated heterocycles. The van der Waals surface area contributed by atoms with E-state index in [1.807, 2.05) is 31.2 Å². The van der Waals surface area contributed by atoms with Gasteiger partial charge in [-0.25, -0.2) is 4.79 Å². The molecule has 2 aliphatic rings. The first-order chi connectivity index (χ1) is 10.6. The Bertz CT molecular complexity index is 523. The number of hydrogen-bond acceptors (Lipinski definition) is 3. The van der Waals surface area contributed by atoms with Crippen LogP contribution in [0.4, 0.5) is 10.5 Å². The van der Waals surface area contributed by atoms with Crippen LogP contribution >= 0.6 is 11.6 Å². The fourth-order valence-electron chi connectivity index (χ4n) is 3.08. The summed E-state index contributed by atoms with van der Waals surface area (Å²) in [6.07, 6.45) is 1.93. The standard InChI is InChI=1S/C16H22ClN3O2/c1-11-15(7-9-22-11)19-16(21)18-13-6-8-20(10-13)14-4-2-12(17)3-5-14/h2-5,11,13,15H,6-10H2,1H3,(H2,18,19,21)/t11-,13-,15+/m0/s1. The summed E-state index contributed by atoms with van der Waals surface area (Å²) in [7, 11) is 0. The molecule has 0 aliphatic carbocycles. The zero-order chi connectivity index (χ0) is 15.5. The number of urea groups is 1. The number of rotatable bonds is 3. The van der Waals surface area contributed by atoms with Gasteiger partial charge in [-0.2, -0.15) is 0 Å². The average molecular weight is 324 g/mol. The monoisotopic (exact) mass is 323 g/mol. The molecule has 22 heavy (non-hydrogen) atoms. The number of carbonyl (C=O) groups is 1. The normalized spacial score (nSPS) is 27.9. The van der Waals surface area contributed by atoms with Crippen molar-refractivity contribution in [1.29, 1.82) is 0 Å². The summed E-state index contributed by atoms with van der Waals surface area (Å²) in [4.78, 5) is 14.3. The second-order valence-electron chi connectivity index (χ2n) is 6.00. The summed E-state index contributed by atoms with van der Waals surface area (Å²) in [5, 5.41) is 6.81. The smallest absolute Gasteiger partial charge is 0.315 e. The summed E-state index contributed by atoms with van der Waals surface area (Å²) >= 11 is 5.91. The van der Waals surface area contributed by atoms with Crippen molar-refractivity contribution in [2.45, 2.75) is 38.0 Å². The fraction of sp³-hybridized carbons (Fsp3) is 0.562. The predicted molar refractivity (Wildman–Crippen MR) is 87.6 cm³/mol. The SMILES string of the molecule is C[C@@H]1OCC[C@H]1NC(=O)N[C@H]1CCN(c2ccc(Cl)cc2)C1. The molecule has 0 bridgehead atoms. The van der Waals surface area contributed by atoms with Crippen LogP contribution in [0.3, 0.4) is 0 Å². The molecule has 0 aromatic heterocycles. The highest BCUT2D eigenvalue weighted by atomic mass is 35.5. The summed E-state index contributed by atoms with van der Waals surface area (Å²) in [5.74, 6) is 0. The van der Waals surface area contributed by atoms with Crippen LogP contribution in [-0.2, 0) is 4.74 Å². The Morgan fingerprint density at radius 3 is 2.73 bits per heavy atom. The number of hydrogen-bond donors (Lipinski definition) is 2. The van der Waals surface area contributed by atoms with Crippen molar-refractivity contribution in [1.82, 2.24) is 10.6 Å². The molecular weight excluding hydrogens is 302 g/mol. The van der Waals surface area contributed by atoms with Crippen molar-refractivity contribution in [3.05, 3.63) is 29.3 Å². The third kappa shape index (κ3) is 3.65. The molecule has 0 radical (unpaired) electrons. The van der Waals surface area contributed by atoms with E-state index in [0.29, 0.717) is 0 Å².